The molecule has 0 radical (unpaired) electrons. The van der Waals surface area contributed by atoms with Crippen molar-refractivity contribution < 1.29 is 4.74 Å². The van der Waals surface area contributed by atoms with Crippen molar-refractivity contribution in [1.29, 1.82) is 0 Å². The molecule has 41 heavy (non-hydrogen) atoms. The number of aryl methyl sites for hydroxylation is 3. The Hall–Kier alpha value is -2.16. The van der Waals surface area contributed by atoms with E-state index in [0.717, 1.165) is 47.7 Å². The zero-order valence-corrected chi connectivity index (χ0v) is 27.3. The summed E-state index contributed by atoms with van der Waals surface area (Å²) in [7, 11) is 0. The normalized spacial score (nSPS) is 11.5. The van der Waals surface area contributed by atoms with E-state index in [9.17, 15) is 0 Å². The zero-order chi connectivity index (χ0) is 29.4. The van der Waals surface area contributed by atoms with E-state index >= 15 is 0 Å². The molecule has 0 N–H and O–H groups in total. The van der Waals surface area contributed by atoms with Crippen LogP contribution in [-0.2, 0) is 6.42 Å². The van der Waals surface area contributed by atoms with Gasteiger partial charge in [0, 0.05) is 0 Å². The maximum atomic E-state index is 6.08. The number of azo groups is 1. The maximum Gasteiger partial charge on any atom is 0.119 e. The third kappa shape index (κ3) is 16.8. The van der Waals surface area contributed by atoms with Gasteiger partial charge >= 0.3 is 0 Å². The summed E-state index contributed by atoms with van der Waals surface area (Å²) in [5.41, 5.74) is 5.50. The highest BCUT2D eigenvalue weighted by Crippen LogP contribution is 2.30. The van der Waals surface area contributed by atoms with E-state index in [1.807, 2.05) is 0 Å². The van der Waals surface area contributed by atoms with E-state index in [4.69, 9.17) is 4.74 Å². The molecule has 3 heteroatoms. The van der Waals surface area contributed by atoms with Crippen LogP contribution in [0.15, 0.2) is 46.6 Å². The summed E-state index contributed by atoms with van der Waals surface area (Å²) < 4.78 is 6.08. The predicted molar refractivity (Wildman–Crippen MR) is 179 cm³/mol. The number of ether oxygens (including phenoxy) is 1. The lowest BCUT2D eigenvalue weighted by Gasteiger charge is -2.10. The van der Waals surface area contributed by atoms with Crippen LogP contribution in [0.1, 0.15) is 159 Å². The third-order valence-electron chi connectivity index (χ3n) is 8.25. The Morgan fingerprint density at radius 2 is 0.951 bits per heavy atom. The topological polar surface area (TPSA) is 34.0 Å². The van der Waals surface area contributed by atoms with Gasteiger partial charge in [-0.25, -0.2) is 0 Å². The second kappa shape index (κ2) is 23.4. The lowest BCUT2D eigenvalue weighted by molar-refractivity contribution is 0.304. The number of benzene rings is 2. The van der Waals surface area contributed by atoms with Gasteiger partial charge in [-0.2, -0.15) is 10.2 Å². The minimum Gasteiger partial charge on any atom is -0.494 e. The van der Waals surface area contributed by atoms with Crippen LogP contribution in [0.5, 0.6) is 5.75 Å². The van der Waals surface area contributed by atoms with Gasteiger partial charge in [0.2, 0.25) is 0 Å². The van der Waals surface area contributed by atoms with Crippen LogP contribution in [0, 0.1) is 13.8 Å². The van der Waals surface area contributed by atoms with Crippen LogP contribution >= 0.6 is 0 Å². The molecule has 0 saturated heterocycles. The summed E-state index contributed by atoms with van der Waals surface area (Å²) in [6, 6.07) is 12.8. The van der Waals surface area contributed by atoms with Crippen LogP contribution in [0.2, 0.25) is 0 Å². The number of unbranched alkanes of at least 4 members (excludes halogenated alkanes) is 18. The van der Waals surface area contributed by atoms with Gasteiger partial charge in [-0.3, -0.25) is 0 Å². The lowest BCUT2D eigenvalue weighted by atomic mass is 10.0. The van der Waals surface area contributed by atoms with Crippen molar-refractivity contribution in [3.8, 4) is 5.75 Å². The molecule has 0 fully saturated rings. The summed E-state index contributed by atoms with van der Waals surface area (Å²) in [5.74, 6) is 0.950. The summed E-state index contributed by atoms with van der Waals surface area (Å²) in [6.45, 7) is 9.56. The molecule has 0 heterocycles. The summed E-state index contributed by atoms with van der Waals surface area (Å²) in [6.07, 6.45) is 28.4. The fourth-order valence-electron chi connectivity index (χ4n) is 5.59. The second-order valence-corrected chi connectivity index (χ2v) is 12.2. The van der Waals surface area contributed by atoms with E-state index in [1.54, 1.807) is 0 Å². The van der Waals surface area contributed by atoms with Crippen molar-refractivity contribution in [2.75, 3.05) is 6.61 Å². The molecule has 230 valence electrons. The lowest BCUT2D eigenvalue weighted by Crippen LogP contribution is -1.98. The first-order valence-electron chi connectivity index (χ1n) is 17.4. The molecule has 0 amide bonds. The van der Waals surface area contributed by atoms with Gasteiger partial charge in [0.25, 0.3) is 0 Å². The molecule has 0 unspecified atom stereocenters. The Morgan fingerprint density at radius 3 is 1.44 bits per heavy atom. The number of hydrogen-bond donors (Lipinski definition) is 0. The highest BCUT2D eigenvalue weighted by molar-refractivity contribution is 5.55. The average Bonchev–Trinajstić information content (AvgIpc) is 2.97. The van der Waals surface area contributed by atoms with E-state index < -0.39 is 0 Å². The molecular weight excluding hydrogens is 500 g/mol. The van der Waals surface area contributed by atoms with Crippen molar-refractivity contribution >= 4 is 11.4 Å². The van der Waals surface area contributed by atoms with Crippen LogP contribution in [0.4, 0.5) is 11.4 Å². The first-order chi connectivity index (χ1) is 20.1. The fraction of sp³-hybridized carbons (Fsp3) is 0.684. The molecule has 2 aromatic carbocycles. The Labute approximate surface area is 254 Å². The van der Waals surface area contributed by atoms with Crippen LogP contribution < -0.4 is 4.74 Å². The van der Waals surface area contributed by atoms with Crippen molar-refractivity contribution in [1.82, 2.24) is 0 Å². The van der Waals surface area contributed by atoms with Crippen molar-refractivity contribution in [3.05, 3.63) is 53.1 Å². The zero-order valence-electron chi connectivity index (χ0n) is 27.3. The van der Waals surface area contributed by atoms with Gasteiger partial charge in [-0.05, 0) is 74.1 Å². The largest absolute Gasteiger partial charge is 0.494 e. The molecule has 0 atom stereocenters. The van der Waals surface area contributed by atoms with Gasteiger partial charge in [0.15, 0.2) is 0 Å². The van der Waals surface area contributed by atoms with Crippen LogP contribution in [0.25, 0.3) is 0 Å². The molecule has 0 bridgehead atoms. The van der Waals surface area contributed by atoms with Crippen LogP contribution in [0.3, 0.4) is 0 Å². The van der Waals surface area contributed by atoms with Crippen LogP contribution in [-0.4, -0.2) is 6.61 Å². The molecular formula is C38H62N2O. The quantitative estimate of drug-likeness (QED) is 0.0875. The number of hydrogen-bond acceptors (Lipinski definition) is 3. The van der Waals surface area contributed by atoms with Gasteiger partial charge in [-0.15, -0.1) is 0 Å². The highest BCUT2D eigenvalue weighted by Gasteiger charge is 2.06. The minimum absolute atomic E-state index is 0.793. The molecule has 0 aliphatic heterocycles. The molecule has 2 aromatic rings. The number of nitrogens with zero attached hydrogens (tertiary/aromatic N) is 2. The van der Waals surface area contributed by atoms with E-state index in [2.05, 4.69) is 74.3 Å². The first-order valence-corrected chi connectivity index (χ1v) is 17.4. The third-order valence-corrected chi connectivity index (χ3v) is 8.25. The van der Waals surface area contributed by atoms with E-state index in [0.29, 0.717) is 0 Å². The van der Waals surface area contributed by atoms with Crippen molar-refractivity contribution in [2.24, 2.45) is 10.2 Å². The Kier molecular flexibility index (Phi) is 20.0. The van der Waals surface area contributed by atoms with Crippen molar-refractivity contribution in [3.63, 3.8) is 0 Å². The Balaban J connectivity index is 1.63. The van der Waals surface area contributed by atoms with Gasteiger partial charge < -0.3 is 4.74 Å². The summed E-state index contributed by atoms with van der Waals surface area (Å²) in [4.78, 5) is 0. The molecule has 0 aromatic heterocycles. The molecule has 3 nitrogen and oxygen atoms in total. The SMILES string of the molecule is CCCCCCCCCCCCOc1cc(C)c(/N=N/c2ccc(CCCCCCCCCCCC)cc2)c(C)c1. The highest BCUT2D eigenvalue weighted by atomic mass is 16.5. The summed E-state index contributed by atoms with van der Waals surface area (Å²) >= 11 is 0. The smallest absolute Gasteiger partial charge is 0.119 e. The summed E-state index contributed by atoms with van der Waals surface area (Å²) in [5, 5.41) is 9.15. The predicted octanol–water partition coefficient (Wildman–Crippen LogP) is 13.5. The standard InChI is InChI=1S/C38H62N2O/c1-5-7-9-11-13-15-17-19-21-23-25-35-26-28-36(29-27-35)39-40-38-33(3)31-37(32-34(38)4)41-30-24-22-20-18-16-14-12-10-8-6-2/h26-29,31-32H,5-25,30H2,1-4H3/b40-39+. The number of rotatable bonds is 25. The molecule has 0 aliphatic rings. The van der Waals surface area contributed by atoms with Gasteiger partial charge in [-0.1, -0.05) is 142 Å². The monoisotopic (exact) mass is 562 g/mol. The maximum absolute atomic E-state index is 6.08. The Bertz CT molecular complexity index is 911. The minimum atomic E-state index is 0.793. The fourth-order valence-corrected chi connectivity index (χ4v) is 5.59. The Morgan fingerprint density at radius 1 is 0.512 bits per heavy atom. The molecule has 0 saturated carbocycles. The van der Waals surface area contributed by atoms with Crippen molar-refractivity contribution in [2.45, 2.75) is 163 Å². The second-order valence-electron chi connectivity index (χ2n) is 12.2. The van der Waals surface area contributed by atoms with Gasteiger partial charge in [0.05, 0.1) is 18.0 Å². The molecule has 0 spiro atoms. The van der Waals surface area contributed by atoms with E-state index in [1.165, 1.54) is 128 Å². The average molecular weight is 563 g/mol. The molecule has 2 rings (SSSR count). The first kappa shape index (κ1) is 35.0. The van der Waals surface area contributed by atoms with E-state index in [-0.39, 0.29) is 0 Å². The molecule has 0 aliphatic carbocycles. The van der Waals surface area contributed by atoms with Gasteiger partial charge in [0.1, 0.15) is 5.75 Å².